The second-order valence-corrected chi connectivity index (χ2v) is 3.04. The summed E-state index contributed by atoms with van der Waals surface area (Å²) in [5.41, 5.74) is 2.18. The quantitative estimate of drug-likeness (QED) is 0.617. The summed E-state index contributed by atoms with van der Waals surface area (Å²) >= 11 is 0. The van der Waals surface area contributed by atoms with Crippen LogP contribution in [0, 0.1) is 0 Å². The summed E-state index contributed by atoms with van der Waals surface area (Å²) in [5, 5.41) is 9.34. The minimum Gasteiger partial charge on any atom is -0.389 e. The largest absolute Gasteiger partial charge is 0.389 e. The van der Waals surface area contributed by atoms with Crippen molar-refractivity contribution < 1.29 is 5.11 Å². The van der Waals surface area contributed by atoms with Crippen LogP contribution in [0.2, 0.25) is 0 Å². The topological polar surface area (TPSA) is 20.2 Å². The summed E-state index contributed by atoms with van der Waals surface area (Å²) in [6, 6.07) is 0. The molecule has 0 rings (SSSR count). The second-order valence-electron chi connectivity index (χ2n) is 3.04. The summed E-state index contributed by atoms with van der Waals surface area (Å²) in [6.07, 6.45) is 3.51. The van der Waals surface area contributed by atoms with E-state index in [1.54, 1.807) is 0 Å². The number of hydrogen-bond acceptors (Lipinski definition) is 1. The van der Waals surface area contributed by atoms with E-state index in [9.17, 15) is 5.11 Å². The highest BCUT2D eigenvalue weighted by Gasteiger charge is 2.03. The van der Waals surface area contributed by atoms with Crippen molar-refractivity contribution >= 4 is 0 Å². The van der Waals surface area contributed by atoms with Gasteiger partial charge in [-0.1, -0.05) is 23.8 Å². The Morgan fingerprint density at radius 2 is 2.09 bits per heavy atom. The number of hydrogen-bond donors (Lipinski definition) is 1. The first-order valence-electron chi connectivity index (χ1n) is 4.03. The van der Waals surface area contributed by atoms with E-state index in [-0.39, 0.29) is 6.10 Å². The van der Waals surface area contributed by atoms with Gasteiger partial charge in [-0.2, -0.15) is 0 Å². The molecule has 0 amide bonds. The minimum atomic E-state index is -0.329. The molecule has 0 saturated carbocycles. The number of aliphatic hydroxyl groups is 1. The third kappa shape index (κ3) is 4.79. The molecule has 1 unspecified atom stereocenters. The molecule has 0 bridgehead atoms. The molecule has 0 fully saturated rings. The van der Waals surface area contributed by atoms with Crippen molar-refractivity contribution in [3.63, 3.8) is 0 Å². The standard InChI is InChI=1S/C10H18O/c1-5-9(4)6-7-10(11)8(2)3/h5,10-11H,2,6-7H2,1,3-4H3/b9-5+. The van der Waals surface area contributed by atoms with Crippen molar-refractivity contribution in [2.75, 3.05) is 0 Å². The van der Waals surface area contributed by atoms with Gasteiger partial charge in [0.25, 0.3) is 0 Å². The van der Waals surface area contributed by atoms with Gasteiger partial charge in [0.1, 0.15) is 0 Å². The van der Waals surface area contributed by atoms with E-state index < -0.39 is 0 Å². The number of allylic oxidation sites excluding steroid dienone is 2. The third-order valence-electron chi connectivity index (χ3n) is 1.87. The summed E-state index contributed by atoms with van der Waals surface area (Å²) in [7, 11) is 0. The molecule has 0 aliphatic carbocycles. The van der Waals surface area contributed by atoms with Crippen LogP contribution in [0.4, 0.5) is 0 Å². The molecule has 0 aliphatic rings. The summed E-state index contributed by atoms with van der Waals surface area (Å²) in [4.78, 5) is 0. The van der Waals surface area contributed by atoms with Crippen LogP contribution in [-0.4, -0.2) is 11.2 Å². The molecule has 64 valence electrons. The Labute approximate surface area is 69.4 Å². The van der Waals surface area contributed by atoms with Crippen LogP contribution in [0.1, 0.15) is 33.6 Å². The molecule has 1 atom stereocenters. The highest BCUT2D eigenvalue weighted by molar-refractivity contribution is 5.01. The summed E-state index contributed by atoms with van der Waals surface area (Å²) < 4.78 is 0. The predicted octanol–water partition coefficient (Wildman–Crippen LogP) is 2.67. The average molecular weight is 154 g/mol. The molecule has 0 radical (unpaired) electrons. The zero-order chi connectivity index (χ0) is 8.85. The normalized spacial score (nSPS) is 14.7. The van der Waals surface area contributed by atoms with Crippen molar-refractivity contribution in [1.82, 2.24) is 0 Å². The van der Waals surface area contributed by atoms with Crippen molar-refractivity contribution in [2.45, 2.75) is 39.7 Å². The SMILES string of the molecule is C=C(C)C(O)CC/C(C)=C/C. The monoisotopic (exact) mass is 154 g/mol. The Balaban J connectivity index is 3.62. The van der Waals surface area contributed by atoms with Gasteiger partial charge < -0.3 is 5.11 Å². The summed E-state index contributed by atoms with van der Waals surface area (Å²) in [6.45, 7) is 9.64. The van der Waals surface area contributed by atoms with Crippen molar-refractivity contribution in [1.29, 1.82) is 0 Å². The fourth-order valence-corrected chi connectivity index (χ4v) is 0.755. The van der Waals surface area contributed by atoms with Gasteiger partial charge in [-0.05, 0) is 33.6 Å². The second kappa shape index (κ2) is 5.14. The van der Waals surface area contributed by atoms with Gasteiger partial charge in [0.2, 0.25) is 0 Å². The predicted molar refractivity (Wildman–Crippen MR) is 49.5 cm³/mol. The smallest absolute Gasteiger partial charge is 0.0747 e. The molecule has 1 nitrogen and oxygen atoms in total. The Morgan fingerprint density at radius 1 is 1.55 bits per heavy atom. The average Bonchev–Trinajstić information content (AvgIpc) is 1.99. The van der Waals surface area contributed by atoms with Gasteiger partial charge in [0, 0.05) is 0 Å². The van der Waals surface area contributed by atoms with Crippen LogP contribution in [-0.2, 0) is 0 Å². The van der Waals surface area contributed by atoms with Crippen LogP contribution in [0.25, 0.3) is 0 Å². The zero-order valence-corrected chi connectivity index (χ0v) is 7.72. The van der Waals surface area contributed by atoms with Crippen molar-refractivity contribution in [2.24, 2.45) is 0 Å². The maximum Gasteiger partial charge on any atom is 0.0747 e. The molecular weight excluding hydrogens is 136 g/mol. The van der Waals surface area contributed by atoms with Gasteiger partial charge in [-0.3, -0.25) is 0 Å². The first-order chi connectivity index (χ1) is 5.07. The molecule has 0 aromatic rings. The maximum absolute atomic E-state index is 9.34. The lowest BCUT2D eigenvalue weighted by Gasteiger charge is -2.09. The Morgan fingerprint density at radius 3 is 2.45 bits per heavy atom. The molecule has 0 aliphatic heterocycles. The van der Waals surface area contributed by atoms with Crippen molar-refractivity contribution in [3.05, 3.63) is 23.8 Å². The van der Waals surface area contributed by atoms with E-state index in [2.05, 4.69) is 19.6 Å². The van der Waals surface area contributed by atoms with E-state index in [1.807, 2.05) is 13.8 Å². The van der Waals surface area contributed by atoms with Gasteiger partial charge in [-0.25, -0.2) is 0 Å². The lowest BCUT2D eigenvalue weighted by Crippen LogP contribution is -2.06. The van der Waals surface area contributed by atoms with Crippen LogP contribution in [0.3, 0.4) is 0 Å². The highest BCUT2D eigenvalue weighted by atomic mass is 16.3. The Hall–Kier alpha value is -0.560. The van der Waals surface area contributed by atoms with Crippen LogP contribution >= 0.6 is 0 Å². The molecule has 0 aromatic carbocycles. The van der Waals surface area contributed by atoms with E-state index in [0.717, 1.165) is 18.4 Å². The molecule has 1 heteroatoms. The van der Waals surface area contributed by atoms with Crippen LogP contribution < -0.4 is 0 Å². The van der Waals surface area contributed by atoms with E-state index in [4.69, 9.17) is 0 Å². The molecule has 0 aromatic heterocycles. The highest BCUT2D eigenvalue weighted by Crippen LogP contribution is 2.10. The minimum absolute atomic E-state index is 0.329. The molecule has 11 heavy (non-hydrogen) atoms. The maximum atomic E-state index is 9.34. The fourth-order valence-electron chi connectivity index (χ4n) is 0.755. The van der Waals surface area contributed by atoms with Gasteiger partial charge in [0.05, 0.1) is 6.10 Å². The lowest BCUT2D eigenvalue weighted by atomic mass is 10.0. The first-order valence-corrected chi connectivity index (χ1v) is 4.03. The first kappa shape index (κ1) is 10.4. The van der Waals surface area contributed by atoms with E-state index in [1.165, 1.54) is 5.57 Å². The fraction of sp³-hybridized carbons (Fsp3) is 0.600. The van der Waals surface area contributed by atoms with E-state index >= 15 is 0 Å². The molecular formula is C10H18O. The molecule has 0 heterocycles. The molecule has 0 spiro atoms. The summed E-state index contributed by atoms with van der Waals surface area (Å²) in [5.74, 6) is 0. The zero-order valence-electron chi connectivity index (χ0n) is 7.72. The van der Waals surface area contributed by atoms with Gasteiger partial charge in [0.15, 0.2) is 0 Å². The number of rotatable bonds is 4. The molecule has 0 saturated heterocycles. The molecule has 1 N–H and O–H groups in total. The van der Waals surface area contributed by atoms with Gasteiger partial charge >= 0.3 is 0 Å². The van der Waals surface area contributed by atoms with E-state index in [0.29, 0.717) is 0 Å². The van der Waals surface area contributed by atoms with Crippen molar-refractivity contribution in [3.8, 4) is 0 Å². The van der Waals surface area contributed by atoms with Crippen LogP contribution in [0.5, 0.6) is 0 Å². The van der Waals surface area contributed by atoms with Crippen LogP contribution in [0.15, 0.2) is 23.8 Å². The van der Waals surface area contributed by atoms with Gasteiger partial charge in [-0.15, -0.1) is 0 Å². The third-order valence-corrected chi connectivity index (χ3v) is 1.87. The Kier molecular flexibility index (Phi) is 4.88. The Bertz CT molecular complexity index is 156. The lowest BCUT2D eigenvalue weighted by molar-refractivity contribution is 0.201. The number of aliphatic hydroxyl groups excluding tert-OH is 1.